The van der Waals surface area contributed by atoms with Crippen molar-refractivity contribution < 1.29 is 0 Å². The highest BCUT2D eigenvalue weighted by Crippen LogP contribution is 2.30. The number of aromatic nitrogens is 3. The fourth-order valence-corrected chi connectivity index (χ4v) is 2.91. The molecule has 0 unspecified atom stereocenters. The predicted octanol–water partition coefficient (Wildman–Crippen LogP) is 3.61. The van der Waals surface area contributed by atoms with Gasteiger partial charge in [-0.3, -0.25) is 0 Å². The maximum absolute atomic E-state index is 4.46. The Morgan fingerprint density at radius 2 is 2.11 bits per heavy atom. The van der Waals surface area contributed by atoms with Gasteiger partial charge in [0.2, 0.25) is 0 Å². The number of nitrogens with zero attached hydrogens (tertiary/aromatic N) is 3. The normalized spacial score (nSPS) is 11.3. The molecule has 1 aromatic carbocycles. The topological polar surface area (TPSA) is 30.2 Å². The summed E-state index contributed by atoms with van der Waals surface area (Å²) in [5, 5.41) is 4.21. The highest BCUT2D eigenvalue weighted by molar-refractivity contribution is 7.16. The molecule has 0 radical (unpaired) electrons. The molecular formula is C14H9N3S. The molecule has 86 valence electrons. The van der Waals surface area contributed by atoms with Gasteiger partial charge in [-0.05, 0) is 29.8 Å². The molecule has 0 aliphatic rings. The molecule has 3 heterocycles. The van der Waals surface area contributed by atoms with Gasteiger partial charge in [-0.1, -0.05) is 12.1 Å². The summed E-state index contributed by atoms with van der Waals surface area (Å²) in [7, 11) is 0. The molecule has 0 saturated carbocycles. The molecule has 0 atom stereocenters. The molecule has 4 rings (SSSR count). The fourth-order valence-electron chi connectivity index (χ4n) is 2.21. The second kappa shape index (κ2) is 3.65. The molecule has 0 aliphatic carbocycles. The van der Waals surface area contributed by atoms with Crippen LogP contribution in [0.25, 0.3) is 26.9 Å². The van der Waals surface area contributed by atoms with Gasteiger partial charge in [-0.25, -0.2) is 9.50 Å². The Labute approximate surface area is 107 Å². The van der Waals surface area contributed by atoms with Crippen LogP contribution >= 0.6 is 11.3 Å². The Morgan fingerprint density at radius 3 is 3.11 bits per heavy atom. The van der Waals surface area contributed by atoms with Crippen LogP contribution in [0.2, 0.25) is 0 Å². The molecule has 18 heavy (non-hydrogen) atoms. The van der Waals surface area contributed by atoms with Gasteiger partial charge in [0.05, 0.1) is 21.2 Å². The Kier molecular flexibility index (Phi) is 1.98. The van der Waals surface area contributed by atoms with Crippen molar-refractivity contribution in [3.63, 3.8) is 0 Å². The zero-order valence-corrected chi connectivity index (χ0v) is 10.3. The third kappa shape index (κ3) is 1.36. The van der Waals surface area contributed by atoms with Crippen molar-refractivity contribution in [3.8, 4) is 11.1 Å². The number of rotatable bonds is 1. The first-order valence-electron chi connectivity index (χ1n) is 5.68. The summed E-state index contributed by atoms with van der Waals surface area (Å²) in [6.07, 6.45) is 3.79. The van der Waals surface area contributed by atoms with Crippen molar-refractivity contribution in [2.75, 3.05) is 0 Å². The van der Waals surface area contributed by atoms with E-state index in [-0.39, 0.29) is 0 Å². The van der Waals surface area contributed by atoms with E-state index in [1.165, 1.54) is 15.8 Å². The lowest BCUT2D eigenvalue weighted by molar-refractivity contribution is 0.962. The number of thiazole rings is 1. The van der Waals surface area contributed by atoms with Gasteiger partial charge >= 0.3 is 0 Å². The largest absolute Gasteiger partial charge is 0.244 e. The van der Waals surface area contributed by atoms with Crippen molar-refractivity contribution in [3.05, 3.63) is 54.3 Å². The third-order valence-corrected chi connectivity index (χ3v) is 3.87. The van der Waals surface area contributed by atoms with E-state index in [4.69, 9.17) is 0 Å². The van der Waals surface area contributed by atoms with Crippen LogP contribution in [-0.2, 0) is 0 Å². The molecule has 0 aliphatic heterocycles. The average molecular weight is 251 g/mol. The highest BCUT2D eigenvalue weighted by Gasteiger charge is 2.06. The van der Waals surface area contributed by atoms with Crippen LogP contribution in [0.15, 0.2) is 54.3 Å². The Balaban J connectivity index is 2.03. The van der Waals surface area contributed by atoms with Crippen LogP contribution in [0.1, 0.15) is 0 Å². The first-order valence-corrected chi connectivity index (χ1v) is 6.56. The predicted molar refractivity (Wildman–Crippen MR) is 73.8 cm³/mol. The Morgan fingerprint density at radius 1 is 1.11 bits per heavy atom. The Bertz CT molecular complexity index is 844. The van der Waals surface area contributed by atoms with Gasteiger partial charge in [0, 0.05) is 18.0 Å². The number of benzene rings is 1. The Hall–Kier alpha value is -2.20. The maximum atomic E-state index is 4.46. The van der Waals surface area contributed by atoms with Gasteiger partial charge in [0.25, 0.3) is 0 Å². The van der Waals surface area contributed by atoms with E-state index < -0.39 is 0 Å². The van der Waals surface area contributed by atoms with E-state index >= 15 is 0 Å². The summed E-state index contributed by atoms with van der Waals surface area (Å²) < 4.78 is 3.09. The van der Waals surface area contributed by atoms with Crippen molar-refractivity contribution in [2.24, 2.45) is 0 Å². The first kappa shape index (κ1) is 9.79. The summed E-state index contributed by atoms with van der Waals surface area (Å²) in [5.74, 6) is 0. The van der Waals surface area contributed by atoms with Crippen molar-refractivity contribution in [1.29, 1.82) is 0 Å². The third-order valence-electron chi connectivity index (χ3n) is 3.07. The van der Waals surface area contributed by atoms with Gasteiger partial charge in [0.15, 0.2) is 0 Å². The van der Waals surface area contributed by atoms with E-state index in [1.54, 1.807) is 11.3 Å². The SMILES string of the molecule is c1cc(-c2ccn3nccc3c2)c2ncsc2c1. The number of pyridine rings is 1. The molecule has 4 heteroatoms. The standard InChI is InChI=1S/C14H9N3S/c1-2-12(14-13(3-1)18-9-15-14)10-5-7-17-11(8-10)4-6-16-17/h1-9H. The zero-order chi connectivity index (χ0) is 11.9. The van der Waals surface area contributed by atoms with E-state index in [0.29, 0.717) is 0 Å². The van der Waals surface area contributed by atoms with Crippen LogP contribution < -0.4 is 0 Å². The number of hydrogen-bond donors (Lipinski definition) is 0. The summed E-state index contributed by atoms with van der Waals surface area (Å²) >= 11 is 1.67. The lowest BCUT2D eigenvalue weighted by Gasteiger charge is -2.03. The molecule has 3 nitrogen and oxygen atoms in total. The lowest BCUT2D eigenvalue weighted by atomic mass is 10.1. The van der Waals surface area contributed by atoms with Crippen LogP contribution in [0.5, 0.6) is 0 Å². The van der Waals surface area contributed by atoms with Gasteiger partial charge in [0.1, 0.15) is 0 Å². The maximum Gasteiger partial charge on any atom is 0.0890 e. The van der Waals surface area contributed by atoms with Crippen LogP contribution in [0, 0.1) is 0 Å². The molecule has 0 N–H and O–H groups in total. The minimum absolute atomic E-state index is 1.08. The zero-order valence-electron chi connectivity index (χ0n) is 9.45. The lowest BCUT2D eigenvalue weighted by Crippen LogP contribution is -1.87. The second-order valence-electron chi connectivity index (χ2n) is 4.12. The molecule has 0 saturated heterocycles. The van der Waals surface area contributed by atoms with Gasteiger partial charge in [-0.15, -0.1) is 11.3 Å². The van der Waals surface area contributed by atoms with Crippen molar-refractivity contribution in [2.45, 2.75) is 0 Å². The van der Waals surface area contributed by atoms with Gasteiger partial charge in [-0.2, -0.15) is 5.10 Å². The first-order chi connectivity index (χ1) is 8.92. The molecule has 0 bridgehead atoms. The van der Waals surface area contributed by atoms with Crippen LogP contribution in [0.4, 0.5) is 0 Å². The van der Waals surface area contributed by atoms with Crippen LogP contribution in [-0.4, -0.2) is 14.6 Å². The number of hydrogen-bond acceptors (Lipinski definition) is 3. The molecule has 3 aromatic heterocycles. The van der Waals surface area contributed by atoms with E-state index in [9.17, 15) is 0 Å². The minimum atomic E-state index is 1.08. The van der Waals surface area contributed by atoms with Gasteiger partial charge < -0.3 is 0 Å². The van der Waals surface area contributed by atoms with Crippen molar-refractivity contribution in [1.82, 2.24) is 14.6 Å². The summed E-state index contributed by atoms with van der Waals surface area (Å²) in [4.78, 5) is 4.46. The molecule has 4 aromatic rings. The fraction of sp³-hybridized carbons (Fsp3) is 0. The molecule has 0 amide bonds. The summed E-state index contributed by atoms with van der Waals surface area (Å²) in [6.45, 7) is 0. The quantitative estimate of drug-likeness (QED) is 0.517. The second-order valence-corrected chi connectivity index (χ2v) is 5.01. The van der Waals surface area contributed by atoms with E-state index in [1.807, 2.05) is 28.5 Å². The van der Waals surface area contributed by atoms with Crippen LogP contribution in [0.3, 0.4) is 0 Å². The summed E-state index contributed by atoms with van der Waals surface area (Å²) in [6, 6.07) is 12.5. The highest BCUT2D eigenvalue weighted by atomic mass is 32.1. The summed E-state index contributed by atoms with van der Waals surface area (Å²) in [5.41, 5.74) is 6.42. The monoisotopic (exact) mass is 251 g/mol. The molecule has 0 spiro atoms. The average Bonchev–Trinajstić information content (AvgIpc) is 3.05. The van der Waals surface area contributed by atoms with E-state index in [2.05, 4.69) is 40.4 Å². The number of fused-ring (bicyclic) bond motifs is 2. The van der Waals surface area contributed by atoms with Crippen molar-refractivity contribution >= 4 is 27.1 Å². The molecular weight excluding hydrogens is 242 g/mol. The number of para-hydroxylation sites is 1. The van der Waals surface area contributed by atoms with E-state index in [0.717, 1.165) is 11.0 Å². The smallest absolute Gasteiger partial charge is 0.0890 e. The minimum Gasteiger partial charge on any atom is -0.244 e. The molecule has 0 fully saturated rings.